The van der Waals surface area contributed by atoms with Crippen molar-refractivity contribution in [2.75, 3.05) is 26.2 Å². The molecule has 1 saturated heterocycles. The monoisotopic (exact) mass is 368 g/mol. The predicted molar refractivity (Wildman–Crippen MR) is 106 cm³/mol. The van der Waals surface area contributed by atoms with Crippen molar-refractivity contribution >= 4 is 5.91 Å². The third-order valence-corrected chi connectivity index (χ3v) is 7.69. The molecular formula is C23H32N2O2. The van der Waals surface area contributed by atoms with E-state index >= 15 is 0 Å². The Hall–Kier alpha value is -1.55. The van der Waals surface area contributed by atoms with Crippen LogP contribution in [0.3, 0.4) is 0 Å². The SMILES string of the molecule is C[C@@H]1CNCCN1C(=O)COc1ccc(C23CC4CC(CC(C4)C2)C3)cc1. The van der Waals surface area contributed by atoms with Gasteiger partial charge in [0.25, 0.3) is 5.91 Å². The van der Waals surface area contributed by atoms with Gasteiger partial charge in [-0.05, 0) is 86.3 Å². The van der Waals surface area contributed by atoms with E-state index in [1.807, 2.05) is 4.90 Å². The Kier molecular flexibility index (Phi) is 4.42. The molecule has 4 aliphatic carbocycles. The lowest BCUT2D eigenvalue weighted by Gasteiger charge is -2.57. The molecular weight excluding hydrogens is 336 g/mol. The first-order valence-corrected chi connectivity index (χ1v) is 10.8. The fourth-order valence-corrected chi connectivity index (χ4v) is 6.81. The van der Waals surface area contributed by atoms with E-state index in [0.717, 1.165) is 43.1 Å². The van der Waals surface area contributed by atoms with Crippen molar-refractivity contribution in [1.82, 2.24) is 10.2 Å². The van der Waals surface area contributed by atoms with Gasteiger partial charge in [0, 0.05) is 25.7 Å². The Morgan fingerprint density at radius 3 is 2.33 bits per heavy atom. The van der Waals surface area contributed by atoms with Crippen LogP contribution in [0.15, 0.2) is 24.3 Å². The minimum absolute atomic E-state index is 0.0918. The Labute approximate surface area is 162 Å². The Balaban J connectivity index is 1.23. The van der Waals surface area contributed by atoms with Crippen molar-refractivity contribution in [3.63, 3.8) is 0 Å². The van der Waals surface area contributed by atoms with E-state index in [1.54, 1.807) is 0 Å². The molecule has 0 aromatic heterocycles. The zero-order valence-corrected chi connectivity index (χ0v) is 16.5. The van der Waals surface area contributed by atoms with E-state index in [-0.39, 0.29) is 18.6 Å². The van der Waals surface area contributed by atoms with E-state index < -0.39 is 0 Å². The first-order chi connectivity index (χ1) is 13.1. The molecule has 1 aliphatic heterocycles. The van der Waals surface area contributed by atoms with Crippen LogP contribution in [0.25, 0.3) is 0 Å². The van der Waals surface area contributed by atoms with Gasteiger partial charge in [-0.15, -0.1) is 0 Å². The lowest BCUT2D eigenvalue weighted by atomic mass is 9.48. The number of piperazine rings is 1. The first kappa shape index (κ1) is 17.5. The summed E-state index contributed by atoms with van der Waals surface area (Å²) in [5, 5.41) is 3.32. The topological polar surface area (TPSA) is 41.6 Å². The molecule has 1 N–H and O–H groups in total. The van der Waals surface area contributed by atoms with Crippen LogP contribution in [-0.4, -0.2) is 43.1 Å². The van der Waals surface area contributed by atoms with Crippen molar-refractivity contribution in [3.05, 3.63) is 29.8 Å². The van der Waals surface area contributed by atoms with Crippen LogP contribution in [0, 0.1) is 17.8 Å². The third kappa shape index (κ3) is 3.26. The van der Waals surface area contributed by atoms with Crippen LogP contribution in [0.5, 0.6) is 5.75 Å². The maximum absolute atomic E-state index is 12.5. The molecule has 4 nitrogen and oxygen atoms in total. The molecule has 1 aromatic carbocycles. The first-order valence-electron chi connectivity index (χ1n) is 10.8. The summed E-state index contributed by atoms with van der Waals surface area (Å²) < 4.78 is 5.83. The van der Waals surface area contributed by atoms with Crippen LogP contribution in [0.2, 0.25) is 0 Å². The fraction of sp³-hybridized carbons (Fsp3) is 0.696. The van der Waals surface area contributed by atoms with Crippen LogP contribution in [-0.2, 0) is 10.2 Å². The van der Waals surface area contributed by atoms with Gasteiger partial charge < -0.3 is 15.0 Å². The van der Waals surface area contributed by atoms with Gasteiger partial charge in [0.2, 0.25) is 0 Å². The van der Waals surface area contributed by atoms with E-state index in [0.29, 0.717) is 5.41 Å². The number of ether oxygens (including phenoxy) is 1. The molecule has 4 bridgehead atoms. The molecule has 5 fully saturated rings. The van der Waals surface area contributed by atoms with Crippen LogP contribution >= 0.6 is 0 Å². The Morgan fingerprint density at radius 2 is 1.74 bits per heavy atom. The number of rotatable bonds is 4. The minimum Gasteiger partial charge on any atom is -0.484 e. The van der Waals surface area contributed by atoms with Crippen molar-refractivity contribution < 1.29 is 9.53 Å². The summed E-state index contributed by atoms with van der Waals surface area (Å²) in [5.41, 5.74) is 1.94. The largest absolute Gasteiger partial charge is 0.484 e. The second kappa shape index (κ2) is 6.80. The van der Waals surface area contributed by atoms with E-state index in [4.69, 9.17) is 4.74 Å². The molecule has 1 amide bonds. The number of nitrogens with zero attached hydrogens (tertiary/aromatic N) is 1. The third-order valence-electron chi connectivity index (χ3n) is 7.69. The number of hydrogen-bond donors (Lipinski definition) is 1. The summed E-state index contributed by atoms with van der Waals surface area (Å²) >= 11 is 0. The quantitative estimate of drug-likeness (QED) is 0.886. The molecule has 146 valence electrons. The standard InChI is InChI=1S/C23H32N2O2/c1-16-14-24-6-7-25(16)22(26)15-27-21-4-2-20(3-5-21)23-11-17-8-18(12-23)10-19(9-17)13-23/h2-5,16-19,24H,6-15H2,1H3/t16-,17?,18?,19?,23?/m1/s1. The molecule has 5 aliphatic rings. The zero-order chi connectivity index (χ0) is 18.4. The fourth-order valence-electron chi connectivity index (χ4n) is 6.81. The summed E-state index contributed by atoms with van der Waals surface area (Å²) in [6.07, 6.45) is 8.60. The van der Waals surface area contributed by atoms with Gasteiger partial charge in [-0.25, -0.2) is 0 Å². The van der Waals surface area contributed by atoms with E-state index in [1.165, 1.54) is 44.1 Å². The summed E-state index contributed by atoms with van der Waals surface area (Å²) in [4.78, 5) is 14.4. The van der Waals surface area contributed by atoms with Crippen LogP contribution in [0.1, 0.15) is 51.0 Å². The lowest BCUT2D eigenvalue weighted by molar-refractivity contribution is -0.136. The van der Waals surface area contributed by atoms with Gasteiger partial charge in [-0.3, -0.25) is 4.79 Å². The average Bonchev–Trinajstić information content (AvgIpc) is 2.66. The molecule has 4 saturated carbocycles. The highest BCUT2D eigenvalue weighted by molar-refractivity contribution is 5.78. The van der Waals surface area contributed by atoms with Gasteiger partial charge >= 0.3 is 0 Å². The van der Waals surface area contributed by atoms with Gasteiger partial charge in [0.15, 0.2) is 6.61 Å². The molecule has 1 aromatic rings. The van der Waals surface area contributed by atoms with Crippen molar-refractivity contribution in [2.45, 2.75) is 56.9 Å². The number of carbonyl (C=O) groups excluding carboxylic acids is 1. The van der Waals surface area contributed by atoms with Crippen molar-refractivity contribution in [3.8, 4) is 5.75 Å². The summed E-state index contributed by atoms with van der Waals surface area (Å²) in [6, 6.07) is 8.97. The minimum atomic E-state index is 0.0918. The molecule has 0 unspecified atom stereocenters. The normalized spacial score (nSPS) is 37.4. The second-order valence-electron chi connectivity index (χ2n) is 9.65. The van der Waals surface area contributed by atoms with Gasteiger partial charge in [-0.1, -0.05) is 12.1 Å². The molecule has 0 spiro atoms. The average molecular weight is 369 g/mol. The molecule has 27 heavy (non-hydrogen) atoms. The highest BCUT2D eigenvalue weighted by Gasteiger charge is 2.51. The summed E-state index contributed by atoms with van der Waals surface area (Å²) in [5.74, 6) is 3.80. The zero-order valence-electron chi connectivity index (χ0n) is 16.5. The maximum atomic E-state index is 12.5. The second-order valence-corrected chi connectivity index (χ2v) is 9.65. The van der Waals surface area contributed by atoms with Crippen LogP contribution in [0.4, 0.5) is 0 Å². The molecule has 1 heterocycles. The van der Waals surface area contributed by atoms with Crippen LogP contribution < -0.4 is 10.1 Å². The van der Waals surface area contributed by atoms with Gasteiger partial charge in [0.1, 0.15) is 5.75 Å². The number of carbonyl (C=O) groups is 1. The summed E-state index contributed by atoms with van der Waals surface area (Å²) in [6.45, 7) is 4.74. The predicted octanol–water partition coefficient (Wildman–Crippen LogP) is 3.35. The molecule has 1 atom stereocenters. The molecule has 4 heteroatoms. The Morgan fingerprint density at radius 1 is 1.11 bits per heavy atom. The number of amides is 1. The van der Waals surface area contributed by atoms with Crippen molar-refractivity contribution in [1.29, 1.82) is 0 Å². The van der Waals surface area contributed by atoms with Crippen molar-refractivity contribution in [2.24, 2.45) is 17.8 Å². The maximum Gasteiger partial charge on any atom is 0.260 e. The number of hydrogen-bond acceptors (Lipinski definition) is 3. The smallest absolute Gasteiger partial charge is 0.260 e. The lowest BCUT2D eigenvalue weighted by Crippen LogP contribution is -2.53. The van der Waals surface area contributed by atoms with Gasteiger partial charge in [0.05, 0.1) is 0 Å². The number of benzene rings is 1. The highest BCUT2D eigenvalue weighted by Crippen LogP contribution is 2.60. The van der Waals surface area contributed by atoms with Gasteiger partial charge in [-0.2, -0.15) is 0 Å². The molecule has 0 radical (unpaired) electrons. The number of nitrogens with one attached hydrogen (secondary N) is 1. The highest BCUT2D eigenvalue weighted by atomic mass is 16.5. The van der Waals surface area contributed by atoms with E-state index in [2.05, 4.69) is 36.5 Å². The summed E-state index contributed by atoms with van der Waals surface area (Å²) in [7, 11) is 0. The molecule has 6 rings (SSSR count). The van der Waals surface area contributed by atoms with E-state index in [9.17, 15) is 4.79 Å². The Bertz CT molecular complexity index is 664.